The number of aromatic nitrogens is 1. The molecule has 29 heavy (non-hydrogen) atoms. The lowest BCUT2D eigenvalue weighted by atomic mass is 9.91. The topological polar surface area (TPSA) is 54.8 Å². The number of para-hydroxylation sites is 1. The number of carbonyl (C=O) groups excluding carboxylic acids is 1. The van der Waals surface area contributed by atoms with Crippen LogP contribution in [0, 0.1) is 0 Å². The molecule has 2 aromatic carbocycles. The predicted molar refractivity (Wildman–Crippen MR) is 115 cm³/mol. The summed E-state index contributed by atoms with van der Waals surface area (Å²) < 4.78 is 5.43. The van der Waals surface area contributed by atoms with Gasteiger partial charge in [0.2, 0.25) is 0 Å². The standard InChI is InChI=1S/C24H23N3O2/c1-29-20-9-6-8-18(15-20)21(22-10-4-5-12-25-22)16-24-26-13-14-27(24)23-11-3-2-7-19(23)17-28/h2-12,15,17,21H,13-14,16H2,1H3. The molecule has 1 unspecified atom stereocenters. The van der Waals surface area contributed by atoms with Gasteiger partial charge in [0.05, 0.1) is 19.3 Å². The van der Waals surface area contributed by atoms with Gasteiger partial charge in [-0.25, -0.2) is 0 Å². The molecule has 3 aromatic rings. The van der Waals surface area contributed by atoms with Crippen LogP contribution < -0.4 is 9.64 Å². The number of hydrogen-bond donors (Lipinski definition) is 0. The van der Waals surface area contributed by atoms with Crippen LogP contribution >= 0.6 is 0 Å². The predicted octanol–water partition coefficient (Wildman–Crippen LogP) is 4.34. The molecule has 0 amide bonds. The van der Waals surface area contributed by atoms with E-state index in [1.165, 1.54) is 0 Å². The van der Waals surface area contributed by atoms with Gasteiger partial charge in [0.15, 0.2) is 6.29 Å². The smallest absolute Gasteiger partial charge is 0.152 e. The molecule has 1 aromatic heterocycles. The number of methoxy groups -OCH3 is 1. The fraction of sp³-hybridized carbons (Fsp3) is 0.208. The molecule has 0 radical (unpaired) electrons. The highest BCUT2D eigenvalue weighted by atomic mass is 16.5. The van der Waals surface area contributed by atoms with Crippen molar-refractivity contribution >= 4 is 17.8 Å². The molecule has 5 nitrogen and oxygen atoms in total. The molecule has 0 fully saturated rings. The lowest BCUT2D eigenvalue weighted by Crippen LogP contribution is -2.30. The molecule has 0 saturated carbocycles. The van der Waals surface area contributed by atoms with Crippen molar-refractivity contribution < 1.29 is 9.53 Å². The van der Waals surface area contributed by atoms with Gasteiger partial charge in [-0.3, -0.25) is 14.8 Å². The van der Waals surface area contributed by atoms with Gasteiger partial charge >= 0.3 is 0 Å². The lowest BCUT2D eigenvalue weighted by molar-refractivity contribution is 0.112. The first kappa shape index (κ1) is 18.9. The van der Waals surface area contributed by atoms with Gasteiger partial charge in [-0.05, 0) is 42.0 Å². The third-order valence-corrected chi connectivity index (χ3v) is 5.21. The molecule has 0 bridgehead atoms. The number of aliphatic imine (C=N–C) groups is 1. The van der Waals surface area contributed by atoms with Crippen molar-refractivity contribution in [3.05, 3.63) is 89.7 Å². The summed E-state index contributed by atoms with van der Waals surface area (Å²) in [6, 6.07) is 21.7. The van der Waals surface area contributed by atoms with Crippen LogP contribution in [0.25, 0.3) is 0 Å². The van der Waals surface area contributed by atoms with Crippen LogP contribution in [0.2, 0.25) is 0 Å². The van der Waals surface area contributed by atoms with Gasteiger partial charge < -0.3 is 9.64 Å². The quantitative estimate of drug-likeness (QED) is 0.568. The maximum atomic E-state index is 11.5. The molecule has 2 heterocycles. The molecule has 1 aliphatic heterocycles. The molecule has 146 valence electrons. The monoisotopic (exact) mass is 385 g/mol. The second kappa shape index (κ2) is 8.69. The van der Waals surface area contributed by atoms with E-state index in [2.05, 4.69) is 22.0 Å². The van der Waals surface area contributed by atoms with E-state index in [1.54, 1.807) is 7.11 Å². The minimum Gasteiger partial charge on any atom is -0.497 e. The summed E-state index contributed by atoms with van der Waals surface area (Å²) in [6.07, 6.45) is 3.42. The molecule has 0 aliphatic carbocycles. The Labute approximate surface area is 170 Å². The minimum absolute atomic E-state index is 0.0362. The number of benzene rings is 2. The molecule has 0 saturated heterocycles. The van der Waals surface area contributed by atoms with E-state index in [0.717, 1.165) is 47.9 Å². The van der Waals surface area contributed by atoms with E-state index in [1.807, 2.05) is 60.8 Å². The van der Waals surface area contributed by atoms with E-state index in [-0.39, 0.29) is 5.92 Å². The van der Waals surface area contributed by atoms with Gasteiger partial charge in [-0.2, -0.15) is 0 Å². The van der Waals surface area contributed by atoms with Crippen molar-refractivity contribution in [3.63, 3.8) is 0 Å². The van der Waals surface area contributed by atoms with Gasteiger partial charge in [-0.1, -0.05) is 30.3 Å². The van der Waals surface area contributed by atoms with Crippen molar-refractivity contribution in [2.45, 2.75) is 12.3 Å². The molecule has 1 aliphatic rings. The Kier molecular flexibility index (Phi) is 5.66. The van der Waals surface area contributed by atoms with Crippen molar-refractivity contribution in [2.75, 3.05) is 25.1 Å². The van der Waals surface area contributed by atoms with Crippen molar-refractivity contribution in [1.82, 2.24) is 4.98 Å². The second-order valence-electron chi connectivity index (χ2n) is 6.91. The molecular formula is C24H23N3O2. The Balaban J connectivity index is 1.69. The summed E-state index contributed by atoms with van der Waals surface area (Å²) in [4.78, 5) is 23.1. The van der Waals surface area contributed by atoms with Gasteiger partial charge in [0.1, 0.15) is 11.6 Å². The van der Waals surface area contributed by atoms with E-state index < -0.39 is 0 Å². The van der Waals surface area contributed by atoms with Crippen LogP contribution in [-0.4, -0.2) is 37.3 Å². The maximum absolute atomic E-state index is 11.5. The summed E-state index contributed by atoms with van der Waals surface area (Å²) in [5, 5.41) is 0. The Hall–Kier alpha value is -3.47. The van der Waals surface area contributed by atoms with E-state index in [9.17, 15) is 4.79 Å². The Morgan fingerprint density at radius 2 is 1.97 bits per heavy atom. The summed E-state index contributed by atoms with van der Waals surface area (Å²) in [6.45, 7) is 1.49. The van der Waals surface area contributed by atoms with Gasteiger partial charge in [0, 0.05) is 36.3 Å². The van der Waals surface area contributed by atoms with E-state index in [0.29, 0.717) is 12.0 Å². The highest BCUT2D eigenvalue weighted by molar-refractivity contribution is 6.03. The summed E-state index contributed by atoms with van der Waals surface area (Å²) in [5.74, 6) is 1.83. The largest absolute Gasteiger partial charge is 0.497 e. The molecule has 0 spiro atoms. The number of hydrogen-bond acceptors (Lipinski definition) is 5. The second-order valence-corrected chi connectivity index (χ2v) is 6.91. The molecule has 5 heteroatoms. The van der Waals surface area contributed by atoms with Gasteiger partial charge in [-0.15, -0.1) is 0 Å². The maximum Gasteiger partial charge on any atom is 0.152 e. The zero-order valence-corrected chi connectivity index (χ0v) is 16.4. The van der Waals surface area contributed by atoms with Crippen molar-refractivity contribution in [2.24, 2.45) is 4.99 Å². The minimum atomic E-state index is 0.0362. The van der Waals surface area contributed by atoms with Crippen LogP contribution in [0.4, 0.5) is 5.69 Å². The fourth-order valence-electron chi connectivity index (χ4n) is 3.78. The lowest BCUT2D eigenvalue weighted by Gasteiger charge is -2.25. The summed E-state index contributed by atoms with van der Waals surface area (Å²) >= 11 is 0. The number of aldehydes is 1. The van der Waals surface area contributed by atoms with Crippen molar-refractivity contribution in [3.8, 4) is 5.75 Å². The molecule has 4 rings (SSSR count). The Morgan fingerprint density at radius 1 is 1.10 bits per heavy atom. The number of rotatable bonds is 7. The fourth-order valence-corrected chi connectivity index (χ4v) is 3.78. The number of carbonyl (C=O) groups is 1. The summed E-state index contributed by atoms with van der Waals surface area (Å²) in [7, 11) is 1.67. The first-order valence-corrected chi connectivity index (χ1v) is 9.70. The van der Waals surface area contributed by atoms with Crippen LogP contribution in [0.15, 0.2) is 77.9 Å². The Morgan fingerprint density at radius 3 is 2.76 bits per heavy atom. The molecular weight excluding hydrogens is 362 g/mol. The number of ether oxygens (including phenoxy) is 1. The SMILES string of the molecule is COc1cccc(C(CC2=NCCN2c2ccccc2C=O)c2ccccn2)c1. The summed E-state index contributed by atoms with van der Waals surface area (Å²) in [5.41, 5.74) is 3.70. The average molecular weight is 385 g/mol. The van der Waals surface area contributed by atoms with E-state index >= 15 is 0 Å². The van der Waals surface area contributed by atoms with Crippen LogP contribution in [-0.2, 0) is 0 Å². The molecule has 0 N–H and O–H groups in total. The van der Waals surface area contributed by atoms with E-state index in [4.69, 9.17) is 9.73 Å². The third kappa shape index (κ3) is 4.04. The Bertz CT molecular complexity index is 1020. The van der Waals surface area contributed by atoms with Crippen LogP contribution in [0.3, 0.4) is 0 Å². The first-order valence-electron chi connectivity index (χ1n) is 9.70. The number of pyridine rings is 1. The van der Waals surface area contributed by atoms with Crippen LogP contribution in [0.5, 0.6) is 5.75 Å². The average Bonchev–Trinajstić information content (AvgIpc) is 3.26. The van der Waals surface area contributed by atoms with Gasteiger partial charge in [0.25, 0.3) is 0 Å². The number of nitrogens with zero attached hydrogens (tertiary/aromatic N) is 3. The van der Waals surface area contributed by atoms with Crippen molar-refractivity contribution in [1.29, 1.82) is 0 Å². The first-order chi connectivity index (χ1) is 14.3. The highest BCUT2D eigenvalue weighted by Gasteiger charge is 2.26. The third-order valence-electron chi connectivity index (χ3n) is 5.21. The van der Waals surface area contributed by atoms with Crippen LogP contribution in [0.1, 0.15) is 34.0 Å². The number of amidine groups is 1. The normalized spacial score (nSPS) is 14.4. The zero-order valence-electron chi connectivity index (χ0n) is 16.4. The molecule has 1 atom stereocenters. The highest BCUT2D eigenvalue weighted by Crippen LogP contribution is 2.32. The number of anilines is 1. The zero-order chi connectivity index (χ0) is 20.1.